The summed E-state index contributed by atoms with van der Waals surface area (Å²) >= 11 is 0. The Balaban J connectivity index is 2.44. The average Bonchev–Trinajstić information content (AvgIpc) is 2.90. The van der Waals surface area contributed by atoms with Gasteiger partial charge in [0.1, 0.15) is 12.8 Å². The summed E-state index contributed by atoms with van der Waals surface area (Å²) < 4.78 is 4.74. The molecule has 0 bridgehead atoms. The third kappa shape index (κ3) is 5.76. The van der Waals surface area contributed by atoms with E-state index in [-0.39, 0.29) is 13.0 Å². The highest BCUT2D eigenvalue weighted by Crippen LogP contribution is 1.99. The summed E-state index contributed by atoms with van der Waals surface area (Å²) in [4.78, 5) is 45.5. The van der Waals surface area contributed by atoms with E-state index in [4.69, 9.17) is 15.3 Å². The van der Waals surface area contributed by atoms with Crippen LogP contribution < -0.4 is 11.1 Å². The molecule has 0 saturated heterocycles. The normalized spacial score (nSPS) is 9.90. The molecule has 0 unspecified atom stereocenters. The maximum atomic E-state index is 11.8. The first-order valence-electron chi connectivity index (χ1n) is 5.98. The van der Waals surface area contributed by atoms with Gasteiger partial charge in [-0.25, -0.2) is 0 Å². The van der Waals surface area contributed by atoms with Gasteiger partial charge in [0.05, 0.1) is 18.4 Å². The monoisotopic (exact) mass is 297 g/mol. The van der Waals surface area contributed by atoms with Gasteiger partial charge >= 0.3 is 5.97 Å². The van der Waals surface area contributed by atoms with Crippen LogP contribution in [0.3, 0.4) is 0 Å². The SMILES string of the molecule is NC(=O)CN(CC(=O)O)C(=O)CCNC(=O)c1ccoc1. The van der Waals surface area contributed by atoms with Crippen molar-refractivity contribution in [3.63, 3.8) is 0 Å². The van der Waals surface area contributed by atoms with Crippen LogP contribution in [0.1, 0.15) is 16.8 Å². The number of hydrogen-bond acceptors (Lipinski definition) is 5. The Kier molecular flexibility index (Phi) is 5.93. The lowest BCUT2D eigenvalue weighted by molar-refractivity contribution is -0.145. The van der Waals surface area contributed by atoms with Gasteiger partial charge in [-0.3, -0.25) is 19.2 Å². The molecule has 1 heterocycles. The van der Waals surface area contributed by atoms with Gasteiger partial charge in [0.15, 0.2) is 0 Å². The van der Waals surface area contributed by atoms with Crippen molar-refractivity contribution in [2.45, 2.75) is 6.42 Å². The van der Waals surface area contributed by atoms with Crippen LogP contribution in [0.4, 0.5) is 0 Å². The van der Waals surface area contributed by atoms with Crippen molar-refractivity contribution in [2.24, 2.45) is 5.73 Å². The second-order valence-corrected chi connectivity index (χ2v) is 4.13. The average molecular weight is 297 g/mol. The maximum Gasteiger partial charge on any atom is 0.323 e. The second kappa shape index (κ2) is 7.68. The Hall–Kier alpha value is -2.84. The Morgan fingerprint density at radius 3 is 2.52 bits per heavy atom. The smallest absolute Gasteiger partial charge is 0.323 e. The van der Waals surface area contributed by atoms with Crippen LogP contribution in [0.15, 0.2) is 23.0 Å². The molecule has 0 aliphatic rings. The number of amides is 3. The third-order valence-corrected chi connectivity index (χ3v) is 2.43. The molecule has 0 aliphatic carbocycles. The zero-order chi connectivity index (χ0) is 15.8. The number of carbonyl (C=O) groups excluding carboxylic acids is 3. The van der Waals surface area contributed by atoms with Crippen molar-refractivity contribution in [1.29, 1.82) is 0 Å². The van der Waals surface area contributed by atoms with Crippen LogP contribution in [0.25, 0.3) is 0 Å². The predicted octanol–water partition coefficient (Wildman–Crippen LogP) is -1.20. The van der Waals surface area contributed by atoms with E-state index >= 15 is 0 Å². The highest BCUT2D eigenvalue weighted by Gasteiger charge is 2.18. The molecule has 9 heteroatoms. The fraction of sp³-hybridized carbons (Fsp3) is 0.333. The predicted molar refractivity (Wildman–Crippen MR) is 69.1 cm³/mol. The van der Waals surface area contributed by atoms with Crippen molar-refractivity contribution >= 4 is 23.7 Å². The van der Waals surface area contributed by atoms with Crippen LogP contribution in [0.2, 0.25) is 0 Å². The molecule has 1 aromatic heterocycles. The molecule has 4 N–H and O–H groups in total. The Bertz CT molecular complexity index is 509. The first kappa shape index (κ1) is 16.2. The Morgan fingerprint density at radius 1 is 1.29 bits per heavy atom. The number of nitrogens with zero attached hydrogens (tertiary/aromatic N) is 1. The molecule has 0 atom stereocenters. The number of hydrogen-bond donors (Lipinski definition) is 3. The number of aliphatic carboxylic acids is 1. The fourth-order valence-corrected chi connectivity index (χ4v) is 1.52. The fourth-order valence-electron chi connectivity index (χ4n) is 1.52. The van der Waals surface area contributed by atoms with Gasteiger partial charge in [-0.1, -0.05) is 0 Å². The topological polar surface area (TPSA) is 143 Å². The van der Waals surface area contributed by atoms with Gasteiger partial charge in [-0.2, -0.15) is 0 Å². The minimum Gasteiger partial charge on any atom is -0.480 e. The number of furan rings is 1. The molecule has 0 aromatic carbocycles. The molecule has 114 valence electrons. The molecule has 1 rings (SSSR count). The first-order valence-corrected chi connectivity index (χ1v) is 5.98. The van der Waals surface area contributed by atoms with E-state index in [1.807, 2.05) is 0 Å². The van der Waals surface area contributed by atoms with E-state index in [0.717, 1.165) is 4.90 Å². The summed E-state index contributed by atoms with van der Waals surface area (Å²) in [6, 6.07) is 1.46. The van der Waals surface area contributed by atoms with Crippen molar-refractivity contribution in [1.82, 2.24) is 10.2 Å². The van der Waals surface area contributed by atoms with Gasteiger partial charge in [0.2, 0.25) is 11.8 Å². The summed E-state index contributed by atoms with van der Waals surface area (Å²) in [6.07, 6.45) is 2.44. The van der Waals surface area contributed by atoms with Crippen LogP contribution in [0, 0.1) is 0 Å². The number of carboxylic acids is 1. The molecular weight excluding hydrogens is 282 g/mol. The summed E-state index contributed by atoms with van der Waals surface area (Å²) in [5.41, 5.74) is 5.25. The Morgan fingerprint density at radius 2 is 2.00 bits per heavy atom. The second-order valence-electron chi connectivity index (χ2n) is 4.13. The van der Waals surface area contributed by atoms with Gasteiger partial charge in [0, 0.05) is 13.0 Å². The van der Waals surface area contributed by atoms with E-state index in [2.05, 4.69) is 5.32 Å². The van der Waals surface area contributed by atoms with Gasteiger partial charge in [0.25, 0.3) is 5.91 Å². The summed E-state index contributed by atoms with van der Waals surface area (Å²) in [6.45, 7) is -1.12. The zero-order valence-corrected chi connectivity index (χ0v) is 11.1. The van der Waals surface area contributed by atoms with Crippen molar-refractivity contribution in [2.75, 3.05) is 19.6 Å². The summed E-state index contributed by atoms with van der Waals surface area (Å²) in [5.74, 6) is -3.08. The molecule has 0 saturated carbocycles. The molecule has 0 spiro atoms. The molecule has 9 nitrogen and oxygen atoms in total. The maximum absolute atomic E-state index is 11.8. The number of rotatable bonds is 8. The lowest BCUT2D eigenvalue weighted by Gasteiger charge is -2.18. The van der Waals surface area contributed by atoms with Crippen LogP contribution in [-0.2, 0) is 14.4 Å². The minimum atomic E-state index is -1.26. The quantitative estimate of drug-likeness (QED) is 0.550. The van der Waals surface area contributed by atoms with Gasteiger partial charge in [-0.05, 0) is 6.07 Å². The van der Waals surface area contributed by atoms with Crippen LogP contribution >= 0.6 is 0 Å². The number of primary amides is 1. The number of carbonyl (C=O) groups is 4. The van der Waals surface area contributed by atoms with E-state index in [1.165, 1.54) is 18.6 Å². The van der Waals surface area contributed by atoms with E-state index in [9.17, 15) is 19.2 Å². The lowest BCUT2D eigenvalue weighted by Crippen LogP contribution is -2.42. The number of nitrogens with one attached hydrogen (secondary N) is 1. The highest BCUT2D eigenvalue weighted by molar-refractivity contribution is 5.94. The standard InChI is InChI=1S/C12H15N3O6/c13-9(16)5-15(6-11(18)19)10(17)1-3-14-12(20)8-2-4-21-7-8/h2,4,7H,1,3,5-6H2,(H2,13,16)(H,14,20)(H,18,19). The lowest BCUT2D eigenvalue weighted by atomic mass is 10.3. The van der Waals surface area contributed by atoms with Crippen LogP contribution in [-0.4, -0.2) is 53.3 Å². The molecule has 21 heavy (non-hydrogen) atoms. The Labute approximate surface area is 119 Å². The van der Waals surface area contributed by atoms with Crippen molar-refractivity contribution < 1.29 is 28.7 Å². The van der Waals surface area contributed by atoms with Gasteiger partial charge in [-0.15, -0.1) is 0 Å². The third-order valence-electron chi connectivity index (χ3n) is 2.43. The largest absolute Gasteiger partial charge is 0.480 e. The molecule has 3 amide bonds. The first-order chi connectivity index (χ1) is 9.90. The van der Waals surface area contributed by atoms with E-state index in [1.54, 1.807) is 0 Å². The molecule has 1 aromatic rings. The molecule has 0 fully saturated rings. The van der Waals surface area contributed by atoms with Crippen molar-refractivity contribution in [3.8, 4) is 0 Å². The summed E-state index contributed by atoms with van der Waals surface area (Å²) in [7, 11) is 0. The molecule has 0 radical (unpaired) electrons. The molecule has 0 aliphatic heterocycles. The highest BCUT2D eigenvalue weighted by atomic mass is 16.4. The van der Waals surface area contributed by atoms with E-state index in [0.29, 0.717) is 5.56 Å². The van der Waals surface area contributed by atoms with Crippen molar-refractivity contribution in [3.05, 3.63) is 24.2 Å². The van der Waals surface area contributed by atoms with Crippen LogP contribution in [0.5, 0.6) is 0 Å². The number of carboxylic acid groups (broad SMARTS) is 1. The molecular formula is C12H15N3O6. The zero-order valence-electron chi connectivity index (χ0n) is 11.1. The summed E-state index contributed by atoms with van der Waals surface area (Å²) in [5, 5.41) is 11.1. The van der Waals surface area contributed by atoms with Gasteiger partial charge < -0.3 is 25.5 Å². The van der Waals surface area contributed by atoms with E-state index < -0.39 is 36.8 Å². The number of nitrogens with two attached hydrogens (primary N) is 1. The minimum absolute atomic E-state index is 0.00225.